The van der Waals surface area contributed by atoms with Crippen LogP contribution in [-0.2, 0) is 21.2 Å². The first-order chi connectivity index (χ1) is 20.0. The summed E-state index contributed by atoms with van der Waals surface area (Å²) in [6.45, 7) is 2.34. The quantitative estimate of drug-likeness (QED) is 0.312. The standard InChI is InChI=1S/C25H25F2N5O4S2.CH5N.CH2O/c1-28-14-20-30-31-22(36-20)21(38(2,34)35)23-29-18-7-6-16(13-19(18)37-23)15-4-3-5-17(12-15)24(33)32-10-8-25(26,27)9-11-32;2*1-2/h3-7,12-13,21,28H,8-11,14H2,1-2H3;2H2,1H3;1H2. The zero-order chi connectivity index (χ0) is 31.1. The molecule has 1 unspecified atom stereocenters. The minimum Gasteiger partial charge on any atom is -0.422 e. The van der Waals surface area contributed by atoms with Crippen molar-refractivity contribution < 1.29 is 31.2 Å². The molecule has 42 heavy (non-hydrogen) atoms. The number of halogens is 2. The molecule has 1 saturated heterocycles. The Morgan fingerprint density at radius 2 is 1.81 bits per heavy atom. The number of benzene rings is 2. The van der Waals surface area contributed by atoms with Gasteiger partial charge < -0.3 is 25.2 Å². The van der Waals surface area contributed by atoms with Gasteiger partial charge in [0.15, 0.2) is 15.1 Å². The van der Waals surface area contributed by atoms with Crippen LogP contribution in [0.5, 0.6) is 0 Å². The van der Waals surface area contributed by atoms with Gasteiger partial charge in [-0.3, -0.25) is 4.79 Å². The SMILES string of the molecule is C=O.CN.CNCc1nnc(C(c2nc3ccc(-c4cccc(C(=O)N5CCC(F)(F)CC5)c4)cc3s2)S(C)(=O)=O)o1. The molecule has 1 amide bonds. The normalized spacial score (nSPS) is 15.2. The van der Waals surface area contributed by atoms with Crippen LogP contribution < -0.4 is 11.1 Å². The molecule has 1 aliphatic heterocycles. The average Bonchev–Trinajstić information content (AvgIpc) is 3.61. The number of nitrogens with two attached hydrogens (primary N) is 1. The highest BCUT2D eigenvalue weighted by Crippen LogP contribution is 2.36. The molecule has 2 aromatic carbocycles. The number of carbonyl (C=O) groups excluding carboxylic acids is 2. The number of alkyl halides is 2. The number of nitrogens with one attached hydrogen (secondary N) is 1. The summed E-state index contributed by atoms with van der Waals surface area (Å²) >= 11 is 1.21. The highest BCUT2D eigenvalue weighted by atomic mass is 32.2. The zero-order valence-corrected chi connectivity index (χ0v) is 25.0. The van der Waals surface area contributed by atoms with Gasteiger partial charge in [0, 0.05) is 37.8 Å². The monoisotopic (exact) mass is 622 g/mol. The highest BCUT2D eigenvalue weighted by molar-refractivity contribution is 7.91. The zero-order valence-electron chi connectivity index (χ0n) is 23.3. The Morgan fingerprint density at radius 3 is 2.45 bits per heavy atom. The van der Waals surface area contributed by atoms with Crippen molar-refractivity contribution in [2.24, 2.45) is 5.73 Å². The molecule has 5 rings (SSSR count). The minimum atomic E-state index is -3.67. The van der Waals surface area contributed by atoms with E-state index in [-0.39, 0.29) is 43.6 Å². The summed E-state index contributed by atoms with van der Waals surface area (Å²) in [5.41, 5.74) is 7.10. The summed E-state index contributed by atoms with van der Waals surface area (Å²) in [6, 6.07) is 12.5. The fourth-order valence-electron chi connectivity index (χ4n) is 4.35. The van der Waals surface area contributed by atoms with Crippen molar-refractivity contribution in [3.8, 4) is 11.1 Å². The average molecular weight is 623 g/mol. The van der Waals surface area contributed by atoms with Gasteiger partial charge in [0.05, 0.1) is 16.8 Å². The van der Waals surface area contributed by atoms with Crippen LogP contribution >= 0.6 is 11.3 Å². The smallest absolute Gasteiger partial charge is 0.253 e. The van der Waals surface area contributed by atoms with E-state index in [1.165, 1.54) is 23.3 Å². The molecule has 15 heteroatoms. The van der Waals surface area contributed by atoms with Crippen LogP contribution in [0.3, 0.4) is 0 Å². The molecule has 1 aliphatic rings. The summed E-state index contributed by atoms with van der Waals surface area (Å²) in [4.78, 5) is 26.9. The molecule has 3 heterocycles. The Morgan fingerprint density at radius 1 is 1.14 bits per heavy atom. The molecular weight excluding hydrogens is 590 g/mol. The summed E-state index contributed by atoms with van der Waals surface area (Å²) in [5.74, 6) is -2.78. The molecular formula is C27H32F2N6O5S2. The van der Waals surface area contributed by atoms with E-state index in [4.69, 9.17) is 9.21 Å². The van der Waals surface area contributed by atoms with Gasteiger partial charge in [-0.15, -0.1) is 21.5 Å². The molecule has 4 aromatic rings. The number of fused-ring (bicyclic) bond motifs is 1. The lowest BCUT2D eigenvalue weighted by Gasteiger charge is -2.31. The molecule has 1 atom stereocenters. The molecule has 226 valence electrons. The van der Waals surface area contributed by atoms with Crippen molar-refractivity contribution in [1.29, 1.82) is 0 Å². The lowest BCUT2D eigenvalue weighted by atomic mass is 10.0. The van der Waals surface area contributed by atoms with Crippen LogP contribution in [0.15, 0.2) is 46.9 Å². The van der Waals surface area contributed by atoms with Crippen LogP contribution in [0.25, 0.3) is 21.3 Å². The van der Waals surface area contributed by atoms with Crippen LogP contribution in [0.4, 0.5) is 8.78 Å². The number of piperidine rings is 1. The van der Waals surface area contributed by atoms with E-state index >= 15 is 0 Å². The summed E-state index contributed by atoms with van der Waals surface area (Å²) < 4.78 is 58.7. The number of rotatable bonds is 7. The second-order valence-electron chi connectivity index (χ2n) is 9.24. The number of nitrogens with zero attached hydrogens (tertiary/aromatic N) is 4. The van der Waals surface area contributed by atoms with E-state index in [0.717, 1.165) is 22.1 Å². The second-order valence-corrected chi connectivity index (χ2v) is 12.4. The van der Waals surface area contributed by atoms with Gasteiger partial charge in [0.1, 0.15) is 11.8 Å². The molecule has 0 bridgehead atoms. The molecule has 3 N–H and O–H groups in total. The Kier molecular flexibility index (Phi) is 11.0. The molecule has 1 fully saturated rings. The Hall–Kier alpha value is -3.66. The van der Waals surface area contributed by atoms with Crippen LogP contribution in [0.1, 0.15) is 45.2 Å². The van der Waals surface area contributed by atoms with Gasteiger partial charge in [-0.25, -0.2) is 22.2 Å². The van der Waals surface area contributed by atoms with E-state index in [9.17, 15) is 22.0 Å². The maximum Gasteiger partial charge on any atom is 0.253 e. The van der Waals surface area contributed by atoms with Crippen molar-refractivity contribution in [2.75, 3.05) is 33.4 Å². The third-order valence-electron chi connectivity index (χ3n) is 6.32. The number of amides is 1. The molecule has 0 aliphatic carbocycles. The highest BCUT2D eigenvalue weighted by Gasteiger charge is 2.36. The third-order valence-corrected chi connectivity index (χ3v) is 8.83. The Labute approximate surface area is 246 Å². The summed E-state index contributed by atoms with van der Waals surface area (Å²) in [5, 5.41) is 9.83. The first-order valence-corrected chi connectivity index (χ1v) is 15.5. The van der Waals surface area contributed by atoms with E-state index in [2.05, 4.69) is 26.2 Å². The van der Waals surface area contributed by atoms with Crippen molar-refractivity contribution in [1.82, 2.24) is 25.4 Å². The Bertz CT molecular complexity index is 1620. The van der Waals surface area contributed by atoms with Crippen LogP contribution in [-0.4, -0.2) is 80.6 Å². The lowest BCUT2D eigenvalue weighted by Crippen LogP contribution is -2.42. The van der Waals surface area contributed by atoms with Gasteiger partial charge in [0.25, 0.3) is 11.8 Å². The first kappa shape index (κ1) is 32.8. The summed E-state index contributed by atoms with van der Waals surface area (Å²) in [6.07, 6.45) is 0.429. The fourth-order valence-corrected chi connectivity index (χ4v) is 6.88. The number of hydrogen-bond acceptors (Lipinski definition) is 11. The molecule has 0 spiro atoms. The number of thiazole rings is 1. The fraction of sp³-hybridized carbons (Fsp3) is 0.370. The van der Waals surface area contributed by atoms with Gasteiger partial charge in [-0.05, 0) is 49.5 Å². The Balaban J connectivity index is 0.00000116. The van der Waals surface area contributed by atoms with Crippen molar-refractivity contribution >= 4 is 44.1 Å². The summed E-state index contributed by atoms with van der Waals surface area (Å²) in [7, 11) is -0.462. The molecule has 0 radical (unpaired) electrons. The van der Waals surface area contributed by atoms with Gasteiger partial charge in [-0.1, -0.05) is 18.2 Å². The molecule has 2 aromatic heterocycles. The largest absolute Gasteiger partial charge is 0.422 e. The van der Waals surface area contributed by atoms with Crippen molar-refractivity contribution in [3.63, 3.8) is 0 Å². The predicted molar refractivity (Wildman–Crippen MR) is 156 cm³/mol. The number of sulfone groups is 1. The van der Waals surface area contributed by atoms with Gasteiger partial charge >= 0.3 is 0 Å². The maximum atomic E-state index is 13.5. The number of aromatic nitrogens is 3. The lowest BCUT2D eigenvalue weighted by molar-refractivity contribution is -0.0980. The molecule has 0 saturated carbocycles. The van der Waals surface area contributed by atoms with Crippen LogP contribution in [0.2, 0.25) is 0 Å². The van der Waals surface area contributed by atoms with Gasteiger partial charge in [-0.2, -0.15) is 0 Å². The van der Waals surface area contributed by atoms with E-state index in [1.54, 1.807) is 31.3 Å². The molecule has 11 nitrogen and oxygen atoms in total. The topological polar surface area (TPSA) is 161 Å². The van der Waals surface area contributed by atoms with Crippen LogP contribution in [0, 0.1) is 0 Å². The predicted octanol–water partition coefficient (Wildman–Crippen LogP) is 3.46. The number of hydrogen-bond donors (Lipinski definition) is 2. The van der Waals surface area contributed by atoms with Gasteiger partial charge in [0.2, 0.25) is 11.8 Å². The maximum absolute atomic E-state index is 13.5. The van der Waals surface area contributed by atoms with Crippen molar-refractivity contribution in [2.45, 2.75) is 30.6 Å². The van der Waals surface area contributed by atoms with Crippen molar-refractivity contribution in [3.05, 3.63) is 64.8 Å². The van der Waals surface area contributed by atoms with E-state index in [0.29, 0.717) is 22.6 Å². The van der Waals surface area contributed by atoms with E-state index in [1.807, 2.05) is 25.0 Å². The third kappa shape index (κ3) is 7.59. The number of carbonyl (C=O) groups is 2. The second kappa shape index (κ2) is 14.0. The first-order valence-electron chi connectivity index (χ1n) is 12.7. The minimum absolute atomic E-state index is 0.0175. The van der Waals surface area contributed by atoms with E-state index < -0.39 is 21.0 Å². The number of likely N-dealkylation sites (tertiary alicyclic amines) is 1.